The van der Waals surface area contributed by atoms with Crippen LogP contribution in [0.2, 0.25) is 0 Å². The lowest BCUT2D eigenvalue weighted by Gasteiger charge is -2.00. The van der Waals surface area contributed by atoms with Crippen molar-refractivity contribution in [2.45, 2.75) is 26.3 Å². The van der Waals surface area contributed by atoms with E-state index in [0.29, 0.717) is 5.88 Å². The van der Waals surface area contributed by atoms with Gasteiger partial charge in [-0.05, 0) is 13.8 Å². The fraction of sp³-hybridized carbons (Fsp3) is 0.625. The van der Waals surface area contributed by atoms with Crippen LogP contribution in [0.4, 0.5) is 0 Å². The third-order valence-corrected chi connectivity index (χ3v) is 2.85. The van der Waals surface area contributed by atoms with E-state index in [0.717, 1.165) is 23.6 Å². The van der Waals surface area contributed by atoms with E-state index in [-0.39, 0.29) is 0 Å². The molecule has 0 saturated carbocycles. The number of thiazole rings is 1. The standard InChI is InChI=1S/C8H13ClN2S/c1-3-10-8-11(4-2)7(5-9)6-12-8/h6H,3-5H2,1-2H3. The maximum Gasteiger partial charge on any atom is 0.184 e. The predicted molar refractivity (Wildman–Crippen MR) is 53.6 cm³/mol. The fourth-order valence-electron chi connectivity index (χ4n) is 1.07. The quantitative estimate of drug-likeness (QED) is 0.672. The van der Waals surface area contributed by atoms with E-state index in [1.165, 1.54) is 0 Å². The second kappa shape index (κ2) is 4.67. The molecule has 0 fully saturated rings. The molecule has 2 nitrogen and oxygen atoms in total. The second-order valence-electron chi connectivity index (χ2n) is 2.36. The minimum atomic E-state index is 0.573. The Hall–Kier alpha value is -0.280. The zero-order valence-corrected chi connectivity index (χ0v) is 8.95. The third kappa shape index (κ3) is 1.90. The second-order valence-corrected chi connectivity index (χ2v) is 3.47. The molecule has 0 N–H and O–H groups in total. The molecule has 1 heterocycles. The first-order chi connectivity index (χ1) is 5.83. The van der Waals surface area contributed by atoms with E-state index >= 15 is 0 Å². The zero-order valence-electron chi connectivity index (χ0n) is 7.38. The molecule has 0 atom stereocenters. The SMILES string of the molecule is CCN=c1scc(CCl)n1CC. The van der Waals surface area contributed by atoms with Gasteiger partial charge in [0.2, 0.25) is 0 Å². The molecule has 0 bridgehead atoms. The molecule has 1 rings (SSSR count). The summed E-state index contributed by atoms with van der Waals surface area (Å²) in [5.74, 6) is 0.573. The highest BCUT2D eigenvalue weighted by atomic mass is 35.5. The van der Waals surface area contributed by atoms with Gasteiger partial charge in [0.05, 0.1) is 5.88 Å². The first-order valence-electron chi connectivity index (χ1n) is 4.07. The largest absolute Gasteiger partial charge is 0.320 e. The molecular weight excluding hydrogens is 192 g/mol. The monoisotopic (exact) mass is 204 g/mol. The van der Waals surface area contributed by atoms with E-state index in [1.807, 2.05) is 6.92 Å². The van der Waals surface area contributed by atoms with Crippen LogP contribution in [-0.2, 0) is 12.4 Å². The van der Waals surface area contributed by atoms with Crippen LogP contribution in [0, 0.1) is 0 Å². The number of rotatable bonds is 3. The van der Waals surface area contributed by atoms with Gasteiger partial charge in [-0.2, -0.15) is 0 Å². The predicted octanol–water partition coefficient (Wildman–Crippen LogP) is 2.23. The van der Waals surface area contributed by atoms with Crippen molar-refractivity contribution in [3.8, 4) is 0 Å². The van der Waals surface area contributed by atoms with Gasteiger partial charge in [-0.25, -0.2) is 0 Å². The summed E-state index contributed by atoms with van der Waals surface area (Å²) in [6.07, 6.45) is 0. The molecular formula is C8H13ClN2S. The molecule has 1 aromatic rings. The van der Waals surface area contributed by atoms with Crippen LogP contribution >= 0.6 is 22.9 Å². The van der Waals surface area contributed by atoms with E-state index in [2.05, 4.69) is 21.9 Å². The van der Waals surface area contributed by atoms with Crippen molar-refractivity contribution in [3.63, 3.8) is 0 Å². The summed E-state index contributed by atoms with van der Waals surface area (Å²) in [6.45, 7) is 5.93. The van der Waals surface area contributed by atoms with E-state index in [9.17, 15) is 0 Å². The van der Waals surface area contributed by atoms with Gasteiger partial charge in [0.15, 0.2) is 4.80 Å². The van der Waals surface area contributed by atoms with Crippen LogP contribution in [0.25, 0.3) is 0 Å². The number of halogens is 1. The van der Waals surface area contributed by atoms with Gasteiger partial charge in [0.1, 0.15) is 0 Å². The lowest BCUT2D eigenvalue weighted by molar-refractivity contribution is 0.699. The molecule has 0 radical (unpaired) electrons. The molecule has 0 aliphatic carbocycles. The summed E-state index contributed by atoms with van der Waals surface area (Å²) < 4.78 is 2.15. The van der Waals surface area contributed by atoms with Crippen LogP contribution in [-0.4, -0.2) is 11.1 Å². The number of aromatic nitrogens is 1. The van der Waals surface area contributed by atoms with Gasteiger partial charge in [0.25, 0.3) is 0 Å². The van der Waals surface area contributed by atoms with Crippen molar-refractivity contribution in [2.24, 2.45) is 4.99 Å². The lowest BCUT2D eigenvalue weighted by Crippen LogP contribution is -2.15. The molecule has 68 valence electrons. The first-order valence-corrected chi connectivity index (χ1v) is 5.48. The molecule has 0 amide bonds. The molecule has 0 aliphatic heterocycles. The van der Waals surface area contributed by atoms with Crippen molar-refractivity contribution in [1.29, 1.82) is 0 Å². The Morgan fingerprint density at radius 2 is 2.33 bits per heavy atom. The smallest absolute Gasteiger partial charge is 0.184 e. The van der Waals surface area contributed by atoms with Gasteiger partial charge in [-0.15, -0.1) is 22.9 Å². The molecule has 0 aromatic carbocycles. The van der Waals surface area contributed by atoms with Crippen LogP contribution in [0.15, 0.2) is 10.4 Å². The van der Waals surface area contributed by atoms with E-state index in [4.69, 9.17) is 11.6 Å². The van der Waals surface area contributed by atoms with Crippen molar-refractivity contribution in [3.05, 3.63) is 15.9 Å². The Kier molecular flexibility index (Phi) is 3.82. The average Bonchev–Trinajstić information content (AvgIpc) is 2.47. The average molecular weight is 205 g/mol. The summed E-state index contributed by atoms with van der Waals surface area (Å²) in [6, 6.07) is 0. The maximum absolute atomic E-state index is 5.77. The minimum absolute atomic E-state index is 0.573. The normalized spacial score (nSPS) is 12.4. The Labute approximate surface area is 81.5 Å². The van der Waals surface area contributed by atoms with E-state index < -0.39 is 0 Å². The summed E-state index contributed by atoms with van der Waals surface area (Å²) in [5, 5.41) is 2.07. The summed E-state index contributed by atoms with van der Waals surface area (Å²) >= 11 is 7.43. The lowest BCUT2D eigenvalue weighted by atomic mass is 10.5. The van der Waals surface area contributed by atoms with Crippen molar-refractivity contribution in [2.75, 3.05) is 6.54 Å². The zero-order chi connectivity index (χ0) is 8.97. The number of nitrogens with zero attached hydrogens (tertiary/aromatic N) is 2. The van der Waals surface area contributed by atoms with Gasteiger partial charge in [-0.1, -0.05) is 0 Å². The molecule has 0 saturated heterocycles. The Bertz CT molecular complexity index is 300. The molecule has 1 aromatic heterocycles. The Morgan fingerprint density at radius 3 is 2.83 bits per heavy atom. The topological polar surface area (TPSA) is 17.3 Å². The van der Waals surface area contributed by atoms with E-state index in [1.54, 1.807) is 11.3 Å². The van der Waals surface area contributed by atoms with Crippen molar-refractivity contribution in [1.82, 2.24) is 4.57 Å². The molecule has 4 heteroatoms. The molecule has 0 unspecified atom stereocenters. The first kappa shape index (κ1) is 9.81. The highest BCUT2D eigenvalue weighted by Gasteiger charge is 2.00. The van der Waals surface area contributed by atoms with Crippen LogP contribution in [0.5, 0.6) is 0 Å². The van der Waals surface area contributed by atoms with Crippen molar-refractivity contribution < 1.29 is 0 Å². The highest BCUT2D eigenvalue weighted by molar-refractivity contribution is 7.07. The third-order valence-electron chi connectivity index (χ3n) is 1.62. The van der Waals surface area contributed by atoms with Crippen LogP contribution < -0.4 is 4.80 Å². The highest BCUT2D eigenvalue weighted by Crippen LogP contribution is 2.04. The van der Waals surface area contributed by atoms with Gasteiger partial charge < -0.3 is 4.57 Å². The fourth-order valence-corrected chi connectivity index (χ4v) is 2.41. The molecule has 12 heavy (non-hydrogen) atoms. The van der Waals surface area contributed by atoms with Crippen LogP contribution in [0.1, 0.15) is 19.5 Å². The van der Waals surface area contributed by atoms with Gasteiger partial charge in [0, 0.05) is 24.2 Å². The van der Waals surface area contributed by atoms with Gasteiger partial charge >= 0.3 is 0 Å². The number of alkyl halides is 1. The van der Waals surface area contributed by atoms with Crippen molar-refractivity contribution >= 4 is 22.9 Å². The summed E-state index contributed by atoms with van der Waals surface area (Å²) in [4.78, 5) is 5.45. The summed E-state index contributed by atoms with van der Waals surface area (Å²) in [7, 11) is 0. The molecule has 0 aliphatic rings. The Morgan fingerprint density at radius 1 is 1.58 bits per heavy atom. The number of hydrogen-bond donors (Lipinski definition) is 0. The Balaban J connectivity index is 3.13. The molecule has 0 spiro atoms. The summed E-state index contributed by atoms with van der Waals surface area (Å²) in [5.41, 5.74) is 1.16. The van der Waals surface area contributed by atoms with Gasteiger partial charge in [-0.3, -0.25) is 4.99 Å². The maximum atomic E-state index is 5.77. The number of hydrogen-bond acceptors (Lipinski definition) is 2. The minimum Gasteiger partial charge on any atom is -0.320 e. The van der Waals surface area contributed by atoms with Crippen LogP contribution in [0.3, 0.4) is 0 Å².